The van der Waals surface area contributed by atoms with Gasteiger partial charge in [0.25, 0.3) is 0 Å². The topological polar surface area (TPSA) is 246 Å². The molecule has 3 heterocycles. The van der Waals surface area contributed by atoms with Gasteiger partial charge in [-0.05, 0) is 36.3 Å². The van der Waals surface area contributed by atoms with Gasteiger partial charge in [-0.1, -0.05) is 80.9 Å². The van der Waals surface area contributed by atoms with Gasteiger partial charge in [-0.15, -0.1) is 0 Å². The largest absolute Gasteiger partial charge is 0.467 e. The van der Waals surface area contributed by atoms with E-state index in [9.17, 15) is 30.2 Å². The highest BCUT2D eigenvalue weighted by molar-refractivity contribution is 5.97. The van der Waals surface area contributed by atoms with Crippen LogP contribution in [-0.2, 0) is 59.2 Å². The minimum Gasteiger partial charge on any atom is -0.467 e. The third-order valence-electron chi connectivity index (χ3n) is 10.4. The lowest BCUT2D eigenvalue weighted by atomic mass is 9.96. The number of nitrogens with zero attached hydrogens (tertiary/aromatic N) is 3. The van der Waals surface area contributed by atoms with Crippen molar-refractivity contribution >= 4 is 35.5 Å². The van der Waals surface area contributed by atoms with Crippen LogP contribution in [0.1, 0.15) is 55.6 Å². The number of H-pyrrole nitrogens is 2. The van der Waals surface area contributed by atoms with Gasteiger partial charge in [0, 0.05) is 49.6 Å². The Balaban J connectivity index is 1.42. The summed E-state index contributed by atoms with van der Waals surface area (Å²) < 4.78 is 23.0. The minimum absolute atomic E-state index is 0.0331. The number of ether oxygens (including phenoxy) is 1. The molecule has 0 radical (unpaired) electrons. The molecule has 5 rings (SSSR count). The molecule has 5 amide bonds. The van der Waals surface area contributed by atoms with Gasteiger partial charge in [-0.2, -0.15) is 0 Å². The second-order valence-electron chi connectivity index (χ2n) is 14.7. The molecule has 17 heteroatoms. The van der Waals surface area contributed by atoms with Crippen LogP contribution in [0, 0.1) is 5.92 Å². The van der Waals surface area contributed by atoms with Crippen molar-refractivity contribution < 1.29 is 36.3 Å². The summed E-state index contributed by atoms with van der Waals surface area (Å²) in [6.45, 7) is 3.74. The van der Waals surface area contributed by atoms with Crippen molar-refractivity contribution in [1.82, 2.24) is 46.1 Å². The van der Waals surface area contributed by atoms with Crippen molar-refractivity contribution in [3.05, 3.63) is 108 Å². The maximum absolute atomic E-state index is 14.5. The molecule has 0 saturated carbocycles. The first-order chi connectivity index (χ1) is 29.3. The third kappa shape index (κ3) is 12.3. The Morgan fingerprint density at radius 3 is 1.93 bits per heavy atom. The fourth-order valence-corrected chi connectivity index (χ4v) is 6.90. The predicted molar refractivity (Wildman–Crippen MR) is 217 cm³/mol. The molecule has 1 fully saturated rings. The van der Waals surface area contributed by atoms with E-state index in [1.54, 1.807) is 68.4 Å². The van der Waals surface area contributed by atoms with E-state index < -0.39 is 77.7 Å². The van der Waals surface area contributed by atoms with Crippen LogP contribution in [0.25, 0.3) is 0 Å². The van der Waals surface area contributed by atoms with Crippen LogP contribution in [0.5, 0.6) is 0 Å². The van der Waals surface area contributed by atoms with E-state index in [-0.39, 0.29) is 32.2 Å². The first-order valence-corrected chi connectivity index (χ1v) is 19.7. The molecule has 8 N–H and O–H groups in total. The van der Waals surface area contributed by atoms with Crippen molar-refractivity contribution in [1.29, 1.82) is 0 Å². The van der Waals surface area contributed by atoms with Gasteiger partial charge >= 0.3 is 5.97 Å². The van der Waals surface area contributed by atoms with Crippen molar-refractivity contribution in [2.24, 2.45) is 11.7 Å². The molecule has 0 spiro atoms. The van der Waals surface area contributed by atoms with E-state index in [0.717, 1.165) is 5.56 Å². The first-order valence-electron chi connectivity index (χ1n) is 20.6. The van der Waals surface area contributed by atoms with E-state index >= 15 is 0 Å². The molecule has 1 saturated heterocycles. The number of imidazole rings is 2. The lowest BCUT2D eigenvalue weighted by Crippen LogP contribution is -2.61. The molecule has 4 aromatic rings. The van der Waals surface area contributed by atoms with Crippen LogP contribution in [0.4, 0.5) is 0 Å². The van der Waals surface area contributed by atoms with Crippen LogP contribution in [0.15, 0.2) is 85.7 Å². The number of benzene rings is 2. The van der Waals surface area contributed by atoms with Crippen LogP contribution >= 0.6 is 0 Å². The zero-order chi connectivity index (χ0) is 44.1. The number of likely N-dealkylation sites (tertiary alicyclic amines) is 1. The Morgan fingerprint density at radius 2 is 1.37 bits per heavy atom. The number of esters is 1. The van der Waals surface area contributed by atoms with E-state index in [4.69, 9.17) is 11.9 Å². The van der Waals surface area contributed by atoms with E-state index in [1.807, 2.05) is 6.07 Å². The molecular formula is C42H54N10O7. The van der Waals surface area contributed by atoms with Crippen molar-refractivity contribution in [3.8, 4) is 0 Å². The van der Waals surface area contributed by atoms with Gasteiger partial charge in [-0.3, -0.25) is 24.0 Å². The fourth-order valence-electron chi connectivity index (χ4n) is 6.90. The van der Waals surface area contributed by atoms with Gasteiger partial charge in [0.05, 0.1) is 25.8 Å². The molecule has 7 atom stereocenters. The number of rotatable bonds is 20. The summed E-state index contributed by atoms with van der Waals surface area (Å²) in [7, 11) is 1.24. The SMILES string of the molecule is [2H]N(C(=O)[C@H](N)Cc1ccccc1)[C@H](C(=O)N[C@@H](Cc1cnc[nH]1)C(=O)N([2H])[C@@H](Cc1cnc[nH]1)C(=O)N[C@@H](Cc1ccccc1)C(=O)N1CCC[C@H]1C(=O)OC)[C@@H](C)CC. The summed E-state index contributed by atoms with van der Waals surface area (Å²) in [5, 5.41) is 6.45. The normalized spacial score (nSPS) is 17.2. The molecule has 0 aliphatic carbocycles. The molecule has 2 aromatic carbocycles. The number of amides is 5. The van der Waals surface area contributed by atoms with Crippen molar-refractivity contribution in [2.45, 2.75) is 95.0 Å². The van der Waals surface area contributed by atoms with Crippen LogP contribution in [0.3, 0.4) is 0 Å². The fraction of sp³-hybridized carbons (Fsp3) is 0.429. The highest BCUT2D eigenvalue weighted by Gasteiger charge is 2.40. The van der Waals surface area contributed by atoms with E-state index in [1.165, 1.54) is 37.1 Å². The highest BCUT2D eigenvalue weighted by atomic mass is 16.5. The Bertz CT molecular complexity index is 2060. The quantitative estimate of drug-likeness (QED) is 0.0621. The Labute approximate surface area is 346 Å². The number of hydrogen-bond donors (Lipinski definition) is 7. The predicted octanol–water partition coefficient (Wildman–Crippen LogP) is 0.880. The third-order valence-corrected chi connectivity index (χ3v) is 10.4. The summed E-state index contributed by atoms with van der Waals surface area (Å²) in [5.74, 6) is -5.19. The second kappa shape index (κ2) is 21.4. The monoisotopic (exact) mass is 812 g/mol. The highest BCUT2D eigenvalue weighted by Crippen LogP contribution is 2.21. The summed E-state index contributed by atoms with van der Waals surface area (Å²) in [6.07, 6.45) is 6.64. The van der Waals surface area contributed by atoms with Crippen molar-refractivity contribution in [2.75, 3.05) is 13.7 Å². The maximum Gasteiger partial charge on any atom is 0.328 e. The number of nitrogens with one attached hydrogen (secondary N) is 6. The Kier molecular flexibility index (Phi) is 14.8. The summed E-state index contributed by atoms with van der Waals surface area (Å²) in [6, 6.07) is 10.3. The van der Waals surface area contributed by atoms with Gasteiger partial charge in [0.2, 0.25) is 29.5 Å². The number of carbonyl (C=O) groups excluding carboxylic acids is 6. The van der Waals surface area contributed by atoms with Gasteiger partial charge < -0.3 is 46.6 Å². The average Bonchev–Trinajstić information content (AvgIpc) is 4.09. The number of aromatic nitrogens is 4. The molecule has 2 aromatic heterocycles. The molecule has 17 nitrogen and oxygen atoms in total. The molecule has 1 aliphatic rings. The molecule has 59 heavy (non-hydrogen) atoms. The molecule has 0 unspecified atom stereocenters. The summed E-state index contributed by atoms with van der Waals surface area (Å²) in [4.78, 5) is 98.8. The van der Waals surface area contributed by atoms with Crippen LogP contribution < -0.4 is 27.0 Å². The molecule has 0 bridgehead atoms. The van der Waals surface area contributed by atoms with Gasteiger partial charge in [0.15, 0.2) is 2.82 Å². The Hall–Kier alpha value is -6.36. The lowest BCUT2D eigenvalue weighted by molar-refractivity contribution is -0.152. The zero-order valence-corrected chi connectivity index (χ0v) is 33.5. The molecule has 314 valence electrons. The number of carbonyl (C=O) groups is 6. The average molecular weight is 813 g/mol. The number of methoxy groups -OCH3 is 1. The van der Waals surface area contributed by atoms with Crippen molar-refractivity contribution in [3.63, 3.8) is 0 Å². The number of aromatic amines is 2. The summed E-state index contributed by atoms with van der Waals surface area (Å²) >= 11 is 0. The van der Waals surface area contributed by atoms with Gasteiger partial charge in [0.1, 0.15) is 30.2 Å². The van der Waals surface area contributed by atoms with Crippen LogP contribution in [-0.4, -0.2) is 110 Å². The standard InChI is InChI=1S/C42H54N10O7/c1-4-26(2)36(51-37(53)31(43)18-27-12-7-5-8-13-27)40(56)49-33(21-30-23-45-25-47-30)38(54)48-32(20-29-22-44-24-46-29)39(55)50-34(19-28-14-9-6-10-15-28)41(57)52-17-11-16-35(52)42(58)59-3/h5-10,12-15,22-26,31-36H,4,11,16-21,43H2,1-3H3,(H,44,46)(H,45,47)(H,48,54)(H,49,56)(H,50,55)(H,51,53)/t26-,31+,32-,33-,34-,35-,36-/m0/s1/i/hD2. The maximum atomic E-state index is 14.5. The zero-order valence-electron chi connectivity index (χ0n) is 35.5. The first kappa shape index (κ1) is 40.8. The molecular weight excluding hydrogens is 757 g/mol. The lowest BCUT2D eigenvalue weighted by Gasteiger charge is -2.30. The number of nitrogens with two attached hydrogens (primary N) is 1. The van der Waals surface area contributed by atoms with E-state index in [0.29, 0.717) is 46.8 Å². The van der Waals surface area contributed by atoms with E-state index in [2.05, 4.69) is 30.6 Å². The number of hydrogen-bond acceptors (Lipinski definition) is 10. The molecule has 1 aliphatic heterocycles. The van der Waals surface area contributed by atoms with Crippen LogP contribution in [0.2, 0.25) is 2.82 Å². The smallest absolute Gasteiger partial charge is 0.328 e. The second-order valence-corrected chi connectivity index (χ2v) is 14.7. The summed E-state index contributed by atoms with van der Waals surface area (Å²) in [5.41, 5.74) is 8.53. The minimum atomic E-state index is -1.58. The Morgan fingerprint density at radius 1 is 0.797 bits per heavy atom. The van der Waals surface area contributed by atoms with Gasteiger partial charge in [-0.25, -0.2) is 14.8 Å².